The molecule has 1 fully saturated rings. The fourth-order valence-corrected chi connectivity index (χ4v) is 2.10. The van der Waals surface area contributed by atoms with Gasteiger partial charge in [0.05, 0.1) is 12.5 Å². The van der Waals surface area contributed by atoms with Gasteiger partial charge >= 0.3 is 5.97 Å². The fourth-order valence-electron chi connectivity index (χ4n) is 2.10. The Labute approximate surface area is 80.7 Å². The van der Waals surface area contributed by atoms with Gasteiger partial charge in [0.2, 0.25) is 0 Å². The molecule has 0 aromatic carbocycles. The number of rotatable bonds is 3. The molecule has 1 aliphatic rings. The van der Waals surface area contributed by atoms with Gasteiger partial charge in [0.15, 0.2) is 0 Å². The van der Waals surface area contributed by atoms with Crippen molar-refractivity contribution in [2.24, 2.45) is 17.8 Å². The summed E-state index contributed by atoms with van der Waals surface area (Å²) in [4.78, 5) is 11.4. The Balaban J connectivity index is 2.36. The lowest BCUT2D eigenvalue weighted by atomic mass is 9.93. The molecule has 0 aromatic heterocycles. The fraction of sp³-hybridized carbons (Fsp3) is 0.909. The van der Waals surface area contributed by atoms with Gasteiger partial charge in [-0.3, -0.25) is 4.79 Å². The first-order valence-electron chi connectivity index (χ1n) is 5.31. The number of esters is 1. The second-order valence-electron chi connectivity index (χ2n) is 4.27. The zero-order chi connectivity index (χ0) is 9.84. The average Bonchev–Trinajstić information content (AvgIpc) is 2.52. The second-order valence-corrected chi connectivity index (χ2v) is 4.27. The number of carbonyl (C=O) groups is 1. The molecule has 0 amide bonds. The molecule has 0 N–H and O–H groups in total. The van der Waals surface area contributed by atoms with Gasteiger partial charge in [0.25, 0.3) is 0 Å². The van der Waals surface area contributed by atoms with Crippen LogP contribution < -0.4 is 0 Å². The SMILES string of the molecule is CCOC(=O)C1CCC(C(C)C)C1. The largest absolute Gasteiger partial charge is 0.466 e. The minimum Gasteiger partial charge on any atom is -0.466 e. The van der Waals surface area contributed by atoms with Crippen LogP contribution in [0.1, 0.15) is 40.0 Å². The van der Waals surface area contributed by atoms with Gasteiger partial charge in [0, 0.05) is 0 Å². The molecule has 2 heteroatoms. The van der Waals surface area contributed by atoms with Crippen LogP contribution in [-0.4, -0.2) is 12.6 Å². The highest BCUT2D eigenvalue weighted by Gasteiger charge is 2.31. The quantitative estimate of drug-likeness (QED) is 0.630. The van der Waals surface area contributed by atoms with Crippen molar-refractivity contribution in [3.05, 3.63) is 0 Å². The smallest absolute Gasteiger partial charge is 0.308 e. The third-order valence-corrected chi connectivity index (χ3v) is 3.04. The maximum absolute atomic E-state index is 11.4. The minimum atomic E-state index is 0.0191. The van der Waals surface area contributed by atoms with Crippen LogP contribution in [0.4, 0.5) is 0 Å². The maximum Gasteiger partial charge on any atom is 0.308 e. The van der Waals surface area contributed by atoms with E-state index in [1.807, 2.05) is 6.92 Å². The number of carbonyl (C=O) groups excluding carboxylic acids is 1. The molecule has 13 heavy (non-hydrogen) atoms. The summed E-state index contributed by atoms with van der Waals surface area (Å²) in [5, 5.41) is 0. The Morgan fingerprint density at radius 3 is 2.62 bits per heavy atom. The van der Waals surface area contributed by atoms with Crippen LogP contribution in [0.5, 0.6) is 0 Å². The molecular weight excluding hydrogens is 164 g/mol. The number of hydrogen-bond donors (Lipinski definition) is 0. The van der Waals surface area contributed by atoms with Crippen molar-refractivity contribution in [2.75, 3.05) is 6.61 Å². The summed E-state index contributed by atoms with van der Waals surface area (Å²) in [6.45, 7) is 6.85. The van der Waals surface area contributed by atoms with Gasteiger partial charge in [-0.2, -0.15) is 0 Å². The summed E-state index contributed by atoms with van der Waals surface area (Å²) in [6.07, 6.45) is 3.26. The van der Waals surface area contributed by atoms with Crippen molar-refractivity contribution in [1.29, 1.82) is 0 Å². The number of hydrogen-bond acceptors (Lipinski definition) is 2. The van der Waals surface area contributed by atoms with E-state index in [4.69, 9.17) is 4.74 Å². The van der Waals surface area contributed by atoms with Crippen LogP contribution in [0.15, 0.2) is 0 Å². The highest BCUT2D eigenvalue weighted by Crippen LogP contribution is 2.36. The highest BCUT2D eigenvalue weighted by molar-refractivity contribution is 5.72. The maximum atomic E-state index is 11.4. The first kappa shape index (κ1) is 10.6. The first-order valence-corrected chi connectivity index (χ1v) is 5.31. The van der Waals surface area contributed by atoms with Crippen LogP contribution in [0.3, 0.4) is 0 Å². The summed E-state index contributed by atoms with van der Waals surface area (Å²) < 4.78 is 5.01. The van der Waals surface area contributed by atoms with Crippen LogP contribution in [0.25, 0.3) is 0 Å². The predicted molar refractivity (Wildman–Crippen MR) is 52.3 cm³/mol. The molecule has 0 spiro atoms. The Bertz CT molecular complexity index is 175. The van der Waals surface area contributed by atoms with Crippen LogP contribution >= 0.6 is 0 Å². The summed E-state index contributed by atoms with van der Waals surface area (Å²) in [7, 11) is 0. The van der Waals surface area contributed by atoms with E-state index in [-0.39, 0.29) is 11.9 Å². The Kier molecular flexibility index (Phi) is 3.76. The molecule has 0 aliphatic heterocycles. The van der Waals surface area contributed by atoms with Crippen molar-refractivity contribution < 1.29 is 9.53 Å². The molecule has 2 unspecified atom stereocenters. The van der Waals surface area contributed by atoms with Crippen molar-refractivity contribution in [2.45, 2.75) is 40.0 Å². The van der Waals surface area contributed by atoms with Crippen molar-refractivity contribution in [3.63, 3.8) is 0 Å². The lowest BCUT2D eigenvalue weighted by Gasteiger charge is -2.13. The van der Waals surface area contributed by atoms with Crippen LogP contribution in [0.2, 0.25) is 0 Å². The average molecular weight is 184 g/mol. The van der Waals surface area contributed by atoms with E-state index >= 15 is 0 Å². The normalized spacial score (nSPS) is 28.0. The molecule has 1 saturated carbocycles. The predicted octanol–water partition coefficient (Wildman–Crippen LogP) is 2.62. The molecule has 0 bridgehead atoms. The minimum absolute atomic E-state index is 0.0191. The number of ether oxygens (including phenoxy) is 1. The van der Waals surface area contributed by atoms with Gasteiger partial charge in [0.1, 0.15) is 0 Å². The Hall–Kier alpha value is -0.530. The summed E-state index contributed by atoms with van der Waals surface area (Å²) in [6, 6.07) is 0. The molecule has 2 atom stereocenters. The van der Waals surface area contributed by atoms with E-state index in [1.54, 1.807) is 0 Å². The van der Waals surface area contributed by atoms with Gasteiger partial charge in [-0.05, 0) is 38.0 Å². The molecule has 1 aliphatic carbocycles. The van der Waals surface area contributed by atoms with Gasteiger partial charge in [-0.25, -0.2) is 0 Å². The molecule has 0 saturated heterocycles. The lowest BCUT2D eigenvalue weighted by Crippen LogP contribution is -2.15. The van der Waals surface area contributed by atoms with Crippen LogP contribution in [0, 0.1) is 17.8 Å². The standard InChI is InChI=1S/C11H20O2/c1-4-13-11(12)10-6-5-9(7-10)8(2)3/h8-10H,4-7H2,1-3H3. The topological polar surface area (TPSA) is 26.3 Å². The summed E-state index contributed by atoms with van der Waals surface area (Å²) in [5.41, 5.74) is 0. The summed E-state index contributed by atoms with van der Waals surface area (Å²) >= 11 is 0. The Morgan fingerprint density at radius 2 is 2.15 bits per heavy atom. The summed E-state index contributed by atoms with van der Waals surface area (Å²) in [5.74, 6) is 1.65. The highest BCUT2D eigenvalue weighted by atomic mass is 16.5. The van der Waals surface area contributed by atoms with Gasteiger partial charge < -0.3 is 4.74 Å². The molecule has 0 radical (unpaired) electrons. The van der Waals surface area contributed by atoms with Gasteiger partial charge in [-0.15, -0.1) is 0 Å². The van der Waals surface area contributed by atoms with Gasteiger partial charge in [-0.1, -0.05) is 13.8 Å². The molecule has 0 heterocycles. The molecule has 1 rings (SSSR count). The zero-order valence-electron chi connectivity index (χ0n) is 8.88. The molecular formula is C11H20O2. The van der Waals surface area contributed by atoms with E-state index in [0.717, 1.165) is 18.8 Å². The Morgan fingerprint density at radius 1 is 1.46 bits per heavy atom. The monoisotopic (exact) mass is 184 g/mol. The van der Waals surface area contributed by atoms with E-state index in [9.17, 15) is 4.79 Å². The van der Waals surface area contributed by atoms with Crippen molar-refractivity contribution in [1.82, 2.24) is 0 Å². The van der Waals surface area contributed by atoms with Crippen molar-refractivity contribution in [3.8, 4) is 0 Å². The van der Waals surface area contributed by atoms with E-state index in [0.29, 0.717) is 12.5 Å². The molecule has 76 valence electrons. The lowest BCUT2D eigenvalue weighted by molar-refractivity contribution is -0.147. The van der Waals surface area contributed by atoms with E-state index in [1.165, 1.54) is 6.42 Å². The third kappa shape index (κ3) is 2.71. The molecule has 2 nitrogen and oxygen atoms in total. The first-order chi connectivity index (χ1) is 6.15. The van der Waals surface area contributed by atoms with E-state index < -0.39 is 0 Å². The second kappa shape index (κ2) is 4.64. The molecule has 0 aromatic rings. The zero-order valence-corrected chi connectivity index (χ0v) is 8.88. The van der Waals surface area contributed by atoms with E-state index in [2.05, 4.69) is 13.8 Å². The van der Waals surface area contributed by atoms with Crippen molar-refractivity contribution >= 4 is 5.97 Å². The van der Waals surface area contributed by atoms with Crippen LogP contribution in [-0.2, 0) is 9.53 Å². The third-order valence-electron chi connectivity index (χ3n) is 3.04.